The Bertz CT molecular complexity index is 843. The van der Waals surface area contributed by atoms with Crippen LogP contribution in [0.1, 0.15) is 41.9 Å². The van der Waals surface area contributed by atoms with Gasteiger partial charge in [0.25, 0.3) is 0 Å². The van der Waals surface area contributed by atoms with Crippen LogP contribution in [0.5, 0.6) is 0 Å². The molecule has 0 radical (unpaired) electrons. The highest BCUT2D eigenvalue weighted by Crippen LogP contribution is 2.41. The lowest BCUT2D eigenvalue weighted by atomic mass is 9.78. The number of carbonyl (C=O) groups excluding carboxylic acids is 1. The van der Waals surface area contributed by atoms with Crippen LogP contribution in [0, 0.1) is 19.3 Å². The number of piperidine rings is 1. The first-order chi connectivity index (χ1) is 13.0. The Kier molecular flexibility index (Phi) is 4.81. The summed E-state index contributed by atoms with van der Waals surface area (Å²) < 4.78 is 2.15. The van der Waals surface area contributed by atoms with Crippen LogP contribution in [0.2, 0.25) is 0 Å². The molecule has 3 heterocycles. The molecule has 1 unspecified atom stereocenters. The van der Waals surface area contributed by atoms with Gasteiger partial charge in [0, 0.05) is 39.4 Å². The van der Waals surface area contributed by atoms with Gasteiger partial charge in [0.05, 0.1) is 11.1 Å². The lowest BCUT2D eigenvalue weighted by Crippen LogP contribution is -2.49. The Morgan fingerprint density at radius 1 is 1.15 bits per heavy atom. The van der Waals surface area contributed by atoms with Crippen molar-refractivity contribution in [3.8, 4) is 0 Å². The maximum atomic E-state index is 13.4. The molecule has 1 atom stereocenters. The summed E-state index contributed by atoms with van der Waals surface area (Å²) in [7, 11) is 2.07. The fourth-order valence-corrected chi connectivity index (χ4v) is 4.73. The van der Waals surface area contributed by atoms with E-state index in [0.29, 0.717) is 5.91 Å². The van der Waals surface area contributed by atoms with Crippen molar-refractivity contribution in [2.24, 2.45) is 12.5 Å². The summed E-state index contributed by atoms with van der Waals surface area (Å²) in [6.45, 7) is 8.51. The number of hydrogen-bond acceptors (Lipinski definition) is 3. The molecule has 0 bridgehead atoms. The summed E-state index contributed by atoms with van der Waals surface area (Å²) in [4.78, 5) is 22.3. The van der Waals surface area contributed by atoms with Crippen LogP contribution < -0.4 is 0 Å². The largest absolute Gasteiger partial charge is 0.338 e. The Morgan fingerprint density at radius 3 is 2.74 bits per heavy atom. The summed E-state index contributed by atoms with van der Waals surface area (Å²) in [5, 5.41) is 0. The number of likely N-dealkylation sites (tertiary alicyclic amines) is 2. The molecule has 0 N–H and O–H groups in total. The van der Waals surface area contributed by atoms with Crippen molar-refractivity contribution in [1.29, 1.82) is 0 Å². The van der Waals surface area contributed by atoms with Crippen LogP contribution >= 0.6 is 0 Å². The molecule has 0 aliphatic carbocycles. The van der Waals surface area contributed by atoms with E-state index in [-0.39, 0.29) is 5.41 Å². The standard InChI is InChI=1S/C22H30N4O/c1-17-6-4-7-19(12-17)14-26-10-5-8-22(21(26)27)9-11-25(16-22)15-20-13-23-18(2)24(20)3/h4,6-7,12-13H,5,8-11,14-16H2,1-3H3. The number of benzene rings is 1. The average molecular weight is 367 g/mol. The molecule has 5 heteroatoms. The summed E-state index contributed by atoms with van der Waals surface area (Å²) in [5.74, 6) is 1.40. The zero-order valence-electron chi connectivity index (χ0n) is 16.7. The van der Waals surface area contributed by atoms with E-state index in [2.05, 4.69) is 57.6 Å². The molecule has 0 saturated carbocycles. The first-order valence-electron chi connectivity index (χ1n) is 10.0. The summed E-state index contributed by atoms with van der Waals surface area (Å²) in [6.07, 6.45) is 5.08. The molecular formula is C22H30N4O. The first-order valence-corrected chi connectivity index (χ1v) is 10.0. The number of imidazole rings is 1. The molecule has 1 aromatic heterocycles. The third-order valence-corrected chi connectivity index (χ3v) is 6.42. The maximum Gasteiger partial charge on any atom is 0.230 e. The second kappa shape index (κ2) is 7.12. The predicted molar refractivity (Wildman–Crippen MR) is 106 cm³/mol. The van der Waals surface area contributed by atoms with E-state index in [1.807, 2.05) is 13.1 Å². The van der Waals surface area contributed by atoms with Crippen LogP contribution in [0.25, 0.3) is 0 Å². The highest BCUT2D eigenvalue weighted by molar-refractivity contribution is 5.84. The fraction of sp³-hybridized carbons (Fsp3) is 0.545. The van der Waals surface area contributed by atoms with Crippen molar-refractivity contribution in [2.75, 3.05) is 19.6 Å². The second-order valence-corrected chi connectivity index (χ2v) is 8.42. The third-order valence-electron chi connectivity index (χ3n) is 6.42. The minimum absolute atomic E-state index is 0.185. The second-order valence-electron chi connectivity index (χ2n) is 8.42. The van der Waals surface area contributed by atoms with Gasteiger partial charge in [0.2, 0.25) is 5.91 Å². The molecule has 2 fully saturated rings. The van der Waals surface area contributed by atoms with E-state index in [9.17, 15) is 4.79 Å². The zero-order valence-corrected chi connectivity index (χ0v) is 16.7. The summed E-state index contributed by atoms with van der Waals surface area (Å²) in [5.41, 5.74) is 3.53. The lowest BCUT2D eigenvalue weighted by Gasteiger charge is -2.39. The highest BCUT2D eigenvalue weighted by Gasteiger charge is 2.48. The molecule has 1 aromatic carbocycles. The molecule has 1 spiro atoms. The van der Waals surface area contributed by atoms with E-state index in [1.54, 1.807) is 0 Å². The molecule has 2 aliphatic rings. The Balaban J connectivity index is 1.45. The number of rotatable bonds is 4. The Morgan fingerprint density at radius 2 is 2.00 bits per heavy atom. The molecule has 1 amide bonds. The molecule has 27 heavy (non-hydrogen) atoms. The van der Waals surface area contributed by atoms with Crippen LogP contribution in [0.4, 0.5) is 0 Å². The van der Waals surface area contributed by atoms with E-state index in [0.717, 1.165) is 57.8 Å². The van der Waals surface area contributed by atoms with E-state index >= 15 is 0 Å². The van der Waals surface area contributed by atoms with Crippen molar-refractivity contribution < 1.29 is 4.79 Å². The predicted octanol–water partition coefficient (Wildman–Crippen LogP) is 3.05. The first kappa shape index (κ1) is 18.2. The van der Waals surface area contributed by atoms with Crippen molar-refractivity contribution in [2.45, 2.75) is 46.2 Å². The van der Waals surface area contributed by atoms with Gasteiger partial charge in [-0.2, -0.15) is 0 Å². The number of hydrogen-bond donors (Lipinski definition) is 0. The monoisotopic (exact) mass is 366 g/mol. The smallest absolute Gasteiger partial charge is 0.230 e. The SMILES string of the molecule is Cc1cccc(CN2CCCC3(CCN(Cc4cnc(C)n4C)C3)C2=O)c1. The number of aryl methyl sites for hydroxylation is 2. The molecule has 4 rings (SSSR count). The minimum atomic E-state index is -0.185. The number of carbonyl (C=O) groups is 1. The van der Waals surface area contributed by atoms with Crippen LogP contribution in [0.15, 0.2) is 30.5 Å². The van der Waals surface area contributed by atoms with Gasteiger partial charge in [-0.3, -0.25) is 9.69 Å². The van der Waals surface area contributed by atoms with Gasteiger partial charge in [-0.25, -0.2) is 4.98 Å². The molecular weight excluding hydrogens is 336 g/mol. The maximum absolute atomic E-state index is 13.4. The quantitative estimate of drug-likeness (QED) is 0.835. The van der Waals surface area contributed by atoms with Crippen LogP contribution in [-0.4, -0.2) is 44.9 Å². The van der Waals surface area contributed by atoms with Crippen molar-refractivity contribution in [3.63, 3.8) is 0 Å². The molecule has 144 valence electrons. The van der Waals surface area contributed by atoms with Crippen molar-refractivity contribution >= 4 is 5.91 Å². The minimum Gasteiger partial charge on any atom is -0.338 e. The van der Waals surface area contributed by atoms with E-state index in [4.69, 9.17) is 0 Å². The molecule has 2 saturated heterocycles. The lowest BCUT2D eigenvalue weighted by molar-refractivity contribution is -0.146. The highest BCUT2D eigenvalue weighted by atomic mass is 16.2. The van der Waals surface area contributed by atoms with Crippen molar-refractivity contribution in [3.05, 3.63) is 53.1 Å². The summed E-state index contributed by atoms with van der Waals surface area (Å²) in [6, 6.07) is 8.52. The zero-order chi connectivity index (χ0) is 19.0. The van der Waals surface area contributed by atoms with Gasteiger partial charge in [-0.15, -0.1) is 0 Å². The number of nitrogens with zero attached hydrogens (tertiary/aromatic N) is 4. The third kappa shape index (κ3) is 3.53. The average Bonchev–Trinajstić information content (AvgIpc) is 3.19. The molecule has 2 aliphatic heterocycles. The normalized spacial score (nSPS) is 23.5. The van der Waals surface area contributed by atoms with Gasteiger partial charge >= 0.3 is 0 Å². The Hall–Kier alpha value is -2.14. The topological polar surface area (TPSA) is 41.4 Å². The molecule has 5 nitrogen and oxygen atoms in total. The number of aromatic nitrogens is 2. The number of amides is 1. The van der Waals surface area contributed by atoms with Gasteiger partial charge in [-0.05, 0) is 45.2 Å². The van der Waals surface area contributed by atoms with E-state index in [1.165, 1.54) is 16.8 Å². The fourth-order valence-electron chi connectivity index (χ4n) is 4.73. The van der Waals surface area contributed by atoms with Crippen LogP contribution in [-0.2, 0) is 24.9 Å². The van der Waals surface area contributed by atoms with Gasteiger partial charge in [0.1, 0.15) is 5.82 Å². The van der Waals surface area contributed by atoms with Gasteiger partial charge < -0.3 is 9.47 Å². The molecule has 2 aromatic rings. The van der Waals surface area contributed by atoms with Gasteiger partial charge in [0.15, 0.2) is 0 Å². The van der Waals surface area contributed by atoms with Gasteiger partial charge in [-0.1, -0.05) is 29.8 Å². The Labute approximate surface area is 162 Å². The van der Waals surface area contributed by atoms with Crippen LogP contribution in [0.3, 0.4) is 0 Å². The van der Waals surface area contributed by atoms with Crippen molar-refractivity contribution in [1.82, 2.24) is 19.4 Å². The van der Waals surface area contributed by atoms with E-state index < -0.39 is 0 Å². The summed E-state index contributed by atoms with van der Waals surface area (Å²) >= 11 is 0.